The monoisotopic (exact) mass is 384 g/mol. The summed E-state index contributed by atoms with van der Waals surface area (Å²) in [6, 6.07) is 8.29. The van der Waals surface area contributed by atoms with Gasteiger partial charge in [-0.1, -0.05) is 6.07 Å². The van der Waals surface area contributed by atoms with Crippen molar-refractivity contribution in [3.63, 3.8) is 0 Å². The van der Waals surface area contributed by atoms with Gasteiger partial charge in [-0.05, 0) is 38.3 Å². The number of benzene rings is 1. The highest BCUT2D eigenvalue weighted by Crippen LogP contribution is 2.26. The van der Waals surface area contributed by atoms with Crippen molar-refractivity contribution in [1.82, 2.24) is 20.4 Å². The van der Waals surface area contributed by atoms with Gasteiger partial charge >= 0.3 is 0 Å². The van der Waals surface area contributed by atoms with E-state index < -0.39 is 0 Å². The third-order valence-electron chi connectivity index (χ3n) is 5.58. The summed E-state index contributed by atoms with van der Waals surface area (Å²) in [5, 5.41) is 11.4. The predicted molar refractivity (Wildman–Crippen MR) is 114 cm³/mol. The number of aromatic nitrogens is 2. The molecule has 0 bridgehead atoms. The Morgan fingerprint density at radius 2 is 2.14 bits per heavy atom. The summed E-state index contributed by atoms with van der Waals surface area (Å²) >= 11 is 0. The number of guanidine groups is 1. The van der Waals surface area contributed by atoms with Gasteiger partial charge in [0, 0.05) is 63.3 Å². The lowest BCUT2D eigenvalue weighted by molar-refractivity contribution is 0.415. The van der Waals surface area contributed by atoms with E-state index in [1.165, 1.54) is 23.4 Å². The summed E-state index contributed by atoms with van der Waals surface area (Å²) in [6.07, 6.45) is 1.17. The largest absolute Gasteiger partial charge is 0.497 e. The minimum absolute atomic E-state index is 0.589. The van der Waals surface area contributed by atoms with Gasteiger partial charge in [-0.3, -0.25) is 9.67 Å². The van der Waals surface area contributed by atoms with Gasteiger partial charge in [0.25, 0.3) is 0 Å². The number of hydrogen-bond donors (Lipinski definition) is 2. The molecule has 1 fully saturated rings. The van der Waals surface area contributed by atoms with Crippen molar-refractivity contribution in [2.75, 3.05) is 38.7 Å². The number of nitrogens with zero attached hydrogens (tertiary/aromatic N) is 4. The molecule has 152 valence electrons. The zero-order valence-corrected chi connectivity index (χ0v) is 17.6. The molecule has 1 unspecified atom stereocenters. The fourth-order valence-electron chi connectivity index (χ4n) is 3.75. The topological polar surface area (TPSA) is 66.7 Å². The molecule has 2 aromatic rings. The highest BCUT2D eigenvalue weighted by molar-refractivity contribution is 5.79. The second-order valence-corrected chi connectivity index (χ2v) is 7.38. The summed E-state index contributed by atoms with van der Waals surface area (Å²) in [6.45, 7) is 7.89. The predicted octanol–water partition coefficient (Wildman–Crippen LogP) is 2.24. The van der Waals surface area contributed by atoms with E-state index in [4.69, 9.17) is 4.74 Å². The Labute approximate surface area is 167 Å². The van der Waals surface area contributed by atoms with E-state index >= 15 is 0 Å². The molecule has 7 heteroatoms. The first-order chi connectivity index (χ1) is 13.5. The van der Waals surface area contributed by atoms with Crippen LogP contribution in [0.5, 0.6) is 5.75 Å². The Hall–Kier alpha value is -2.70. The molecule has 0 saturated carbocycles. The van der Waals surface area contributed by atoms with Crippen LogP contribution in [0, 0.1) is 19.8 Å². The third kappa shape index (κ3) is 4.58. The molecule has 1 aliphatic rings. The van der Waals surface area contributed by atoms with Crippen molar-refractivity contribution < 1.29 is 4.74 Å². The Balaban J connectivity index is 1.49. The summed E-state index contributed by atoms with van der Waals surface area (Å²) in [4.78, 5) is 6.79. The lowest BCUT2D eigenvalue weighted by Crippen LogP contribution is -2.40. The van der Waals surface area contributed by atoms with Gasteiger partial charge in [0.05, 0.1) is 12.8 Å². The Morgan fingerprint density at radius 3 is 2.82 bits per heavy atom. The van der Waals surface area contributed by atoms with Gasteiger partial charge in [0.2, 0.25) is 0 Å². The molecule has 0 spiro atoms. The molecule has 1 aromatic heterocycles. The van der Waals surface area contributed by atoms with Gasteiger partial charge < -0.3 is 20.3 Å². The van der Waals surface area contributed by atoms with Gasteiger partial charge in [-0.15, -0.1) is 0 Å². The summed E-state index contributed by atoms with van der Waals surface area (Å²) in [7, 11) is 5.51. The number of hydrogen-bond acceptors (Lipinski definition) is 4. The zero-order chi connectivity index (χ0) is 20.1. The van der Waals surface area contributed by atoms with Crippen LogP contribution in [0.25, 0.3) is 0 Å². The first-order valence-electron chi connectivity index (χ1n) is 9.84. The van der Waals surface area contributed by atoms with Gasteiger partial charge in [0.1, 0.15) is 5.75 Å². The number of rotatable bonds is 6. The molecular weight excluding hydrogens is 352 g/mol. The van der Waals surface area contributed by atoms with E-state index in [9.17, 15) is 0 Å². The lowest BCUT2D eigenvalue weighted by Gasteiger charge is -2.20. The average molecular weight is 385 g/mol. The first kappa shape index (κ1) is 20.0. The van der Waals surface area contributed by atoms with Gasteiger partial charge in [-0.25, -0.2) is 0 Å². The Morgan fingerprint density at radius 1 is 1.32 bits per heavy atom. The summed E-state index contributed by atoms with van der Waals surface area (Å²) in [5.74, 6) is 2.33. The second kappa shape index (κ2) is 8.99. The van der Waals surface area contributed by atoms with Crippen molar-refractivity contribution in [3.05, 3.63) is 41.2 Å². The molecule has 7 nitrogen and oxygen atoms in total. The van der Waals surface area contributed by atoms with E-state index in [1.807, 2.05) is 37.8 Å². The molecule has 0 radical (unpaired) electrons. The quantitative estimate of drug-likeness (QED) is 0.591. The number of ether oxygens (including phenoxy) is 1. The van der Waals surface area contributed by atoms with Crippen molar-refractivity contribution in [3.8, 4) is 5.75 Å². The average Bonchev–Trinajstić information content (AvgIpc) is 3.27. The highest BCUT2D eigenvalue weighted by Gasteiger charge is 2.23. The van der Waals surface area contributed by atoms with Gasteiger partial charge in [-0.2, -0.15) is 5.10 Å². The molecule has 3 rings (SSSR count). The van der Waals surface area contributed by atoms with Crippen LogP contribution in [-0.4, -0.2) is 49.5 Å². The molecule has 0 amide bonds. The van der Waals surface area contributed by atoms with Crippen molar-refractivity contribution in [2.24, 2.45) is 18.0 Å². The van der Waals surface area contributed by atoms with Gasteiger partial charge in [0.15, 0.2) is 5.96 Å². The zero-order valence-electron chi connectivity index (χ0n) is 17.6. The van der Waals surface area contributed by atoms with Crippen LogP contribution < -0.4 is 20.3 Å². The van der Waals surface area contributed by atoms with Crippen LogP contribution in [0.3, 0.4) is 0 Å². The van der Waals surface area contributed by atoms with Crippen LogP contribution in [0.1, 0.15) is 23.4 Å². The number of methoxy groups -OCH3 is 1. The van der Waals surface area contributed by atoms with E-state index in [1.54, 1.807) is 7.11 Å². The molecular formula is C21H32N6O. The van der Waals surface area contributed by atoms with Crippen molar-refractivity contribution in [1.29, 1.82) is 0 Å². The fraction of sp³-hybridized carbons (Fsp3) is 0.524. The van der Waals surface area contributed by atoms with Crippen LogP contribution >= 0.6 is 0 Å². The Bertz CT molecular complexity index is 828. The molecule has 0 aliphatic carbocycles. The molecule has 1 saturated heterocycles. The SMILES string of the molecule is CN=C(NCc1c(C)nn(C)c1C)NCC1CCN(c2cccc(OC)c2)C1. The van der Waals surface area contributed by atoms with Crippen molar-refractivity contribution in [2.45, 2.75) is 26.8 Å². The smallest absolute Gasteiger partial charge is 0.191 e. The first-order valence-corrected chi connectivity index (χ1v) is 9.84. The maximum absolute atomic E-state index is 5.35. The lowest BCUT2D eigenvalue weighted by atomic mass is 10.1. The Kier molecular flexibility index (Phi) is 6.44. The number of nitrogens with one attached hydrogen (secondary N) is 2. The fourth-order valence-corrected chi connectivity index (χ4v) is 3.75. The summed E-state index contributed by atoms with van der Waals surface area (Å²) in [5.41, 5.74) is 4.71. The molecule has 1 aromatic carbocycles. The molecule has 2 heterocycles. The molecule has 28 heavy (non-hydrogen) atoms. The minimum Gasteiger partial charge on any atom is -0.497 e. The number of aliphatic imine (C=N–C) groups is 1. The van der Waals surface area contributed by atoms with Crippen LogP contribution in [0.4, 0.5) is 5.69 Å². The van der Waals surface area contributed by atoms with Crippen LogP contribution in [0.2, 0.25) is 0 Å². The summed E-state index contributed by atoms with van der Waals surface area (Å²) < 4.78 is 7.27. The van der Waals surface area contributed by atoms with E-state index in [2.05, 4.69) is 44.7 Å². The van der Waals surface area contributed by atoms with Crippen LogP contribution in [-0.2, 0) is 13.6 Å². The van der Waals surface area contributed by atoms with Crippen molar-refractivity contribution >= 4 is 11.6 Å². The molecule has 1 aliphatic heterocycles. The normalized spacial score (nSPS) is 17.1. The van der Waals surface area contributed by atoms with Crippen LogP contribution in [0.15, 0.2) is 29.3 Å². The highest BCUT2D eigenvalue weighted by atomic mass is 16.5. The standard InChI is InChI=1S/C21H32N6O/c1-15-20(16(2)26(4)25-15)13-24-21(22-3)23-12-17-9-10-27(14-17)18-7-6-8-19(11-18)28-5/h6-8,11,17H,9-10,12-14H2,1-5H3,(H2,22,23,24). The number of aryl methyl sites for hydroxylation is 2. The van der Waals surface area contributed by atoms with E-state index in [0.29, 0.717) is 5.92 Å². The third-order valence-corrected chi connectivity index (χ3v) is 5.58. The second-order valence-electron chi connectivity index (χ2n) is 7.38. The minimum atomic E-state index is 0.589. The molecule has 1 atom stereocenters. The number of anilines is 1. The maximum Gasteiger partial charge on any atom is 0.191 e. The molecule has 2 N–H and O–H groups in total. The van der Waals surface area contributed by atoms with E-state index in [0.717, 1.165) is 43.6 Å². The maximum atomic E-state index is 5.35. The van der Waals surface area contributed by atoms with E-state index in [-0.39, 0.29) is 0 Å².